The SMILES string of the molecule is Cn1c(=O)cc(Oc2nc(Nc3ccc(C#N)c(C(F)(F)F)c3)nc(N3CCN(c4ccc(C(F)(F)F)cc4)CC3)n2)c2ccccc21. The van der Waals surface area contributed by atoms with Gasteiger partial charge in [0.25, 0.3) is 5.56 Å². The number of rotatable bonds is 6. The third kappa shape index (κ3) is 6.66. The Bertz CT molecular complexity index is 2080. The number of piperazine rings is 1. The molecule has 1 fully saturated rings. The molecular weight excluding hydrogens is 642 g/mol. The predicted octanol–water partition coefficient (Wildman–Crippen LogP) is 6.50. The fourth-order valence-corrected chi connectivity index (χ4v) is 5.26. The zero-order valence-electron chi connectivity index (χ0n) is 25.0. The van der Waals surface area contributed by atoms with E-state index in [1.807, 2.05) is 4.90 Å². The molecule has 3 aromatic carbocycles. The number of fused-ring (bicyclic) bond motifs is 1. The van der Waals surface area contributed by atoms with Crippen LogP contribution in [0.1, 0.15) is 16.7 Å². The Hall–Kier alpha value is -5.85. The number of hydrogen-bond donors (Lipinski definition) is 1. The number of halogens is 6. The van der Waals surface area contributed by atoms with E-state index in [9.17, 15) is 31.1 Å². The van der Waals surface area contributed by atoms with Crippen molar-refractivity contribution in [3.05, 3.63) is 99.8 Å². The number of aryl methyl sites for hydroxylation is 1. The molecule has 3 heterocycles. The number of hydrogen-bond acceptors (Lipinski definition) is 9. The monoisotopic (exact) mass is 666 g/mol. The van der Waals surface area contributed by atoms with Gasteiger partial charge in [0.15, 0.2) is 0 Å². The Morgan fingerprint density at radius 2 is 1.52 bits per heavy atom. The van der Waals surface area contributed by atoms with Gasteiger partial charge in [0.2, 0.25) is 11.9 Å². The lowest BCUT2D eigenvalue weighted by molar-refractivity contribution is -0.138. The summed E-state index contributed by atoms with van der Waals surface area (Å²) in [5, 5.41) is 12.5. The molecule has 10 nitrogen and oxygen atoms in total. The molecule has 1 aliphatic heterocycles. The summed E-state index contributed by atoms with van der Waals surface area (Å²) in [6.45, 7) is 1.43. The minimum absolute atomic E-state index is 0.0596. The summed E-state index contributed by atoms with van der Waals surface area (Å²) in [5.74, 6) is 0.0696. The Morgan fingerprint density at radius 3 is 2.19 bits per heavy atom. The van der Waals surface area contributed by atoms with E-state index in [-0.39, 0.29) is 34.9 Å². The lowest BCUT2D eigenvalue weighted by Crippen LogP contribution is -2.47. The first-order valence-electron chi connectivity index (χ1n) is 14.4. The smallest absolute Gasteiger partial charge is 0.417 e. The number of para-hydroxylation sites is 1. The number of nitrogens with one attached hydrogen (secondary N) is 1. The summed E-state index contributed by atoms with van der Waals surface area (Å²) in [6, 6.07) is 17.4. The van der Waals surface area contributed by atoms with Crippen LogP contribution in [0.5, 0.6) is 11.8 Å². The normalized spacial score (nSPS) is 13.8. The molecule has 0 amide bonds. The van der Waals surface area contributed by atoms with Crippen molar-refractivity contribution in [2.45, 2.75) is 12.4 Å². The summed E-state index contributed by atoms with van der Waals surface area (Å²) in [4.78, 5) is 29.5. The number of nitrogens with zero attached hydrogens (tertiary/aromatic N) is 7. The van der Waals surface area contributed by atoms with Crippen molar-refractivity contribution in [1.29, 1.82) is 5.26 Å². The van der Waals surface area contributed by atoms with Crippen LogP contribution in [-0.2, 0) is 19.4 Å². The van der Waals surface area contributed by atoms with Crippen molar-refractivity contribution in [1.82, 2.24) is 19.5 Å². The van der Waals surface area contributed by atoms with Gasteiger partial charge in [0.1, 0.15) is 5.75 Å². The molecule has 48 heavy (non-hydrogen) atoms. The van der Waals surface area contributed by atoms with Crippen LogP contribution in [0, 0.1) is 11.3 Å². The first kappa shape index (κ1) is 32.1. The van der Waals surface area contributed by atoms with Gasteiger partial charge in [-0.15, -0.1) is 0 Å². The van der Waals surface area contributed by atoms with Crippen LogP contribution in [0.25, 0.3) is 10.9 Å². The van der Waals surface area contributed by atoms with Gasteiger partial charge in [-0.3, -0.25) is 4.79 Å². The Kier molecular flexibility index (Phi) is 8.29. The zero-order chi connectivity index (χ0) is 34.2. The predicted molar refractivity (Wildman–Crippen MR) is 164 cm³/mol. The van der Waals surface area contributed by atoms with Crippen molar-refractivity contribution >= 4 is 34.2 Å². The van der Waals surface area contributed by atoms with Gasteiger partial charge in [-0.25, -0.2) is 0 Å². The van der Waals surface area contributed by atoms with Gasteiger partial charge in [-0.05, 0) is 54.6 Å². The highest BCUT2D eigenvalue weighted by atomic mass is 19.4. The topological polar surface area (TPSA) is 112 Å². The number of nitriles is 1. The molecule has 1 saturated heterocycles. The van der Waals surface area contributed by atoms with E-state index in [0.717, 1.165) is 24.3 Å². The molecule has 0 saturated carbocycles. The fourth-order valence-electron chi connectivity index (χ4n) is 5.26. The Labute approximate surface area is 268 Å². The molecule has 1 N–H and O–H groups in total. The molecule has 5 aromatic rings. The van der Waals surface area contributed by atoms with Gasteiger partial charge in [0.05, 0.1) is 28.3 Å². The van der Waals surface area contributed by atoms with Crippen molar-refractivity contribution in [3.63, 3.8) is 0 Å². The Balaban J connectivity index is 1.32. The average molecular weight is 667 g/mol. The second kappa shape index (κ2) is 12.4. The minimum Gasteiger partial charge on any atom is -0.423 e. The first-order valence-corrected chi connectivity index (χ1v) is 14.4. The van der Waals surface area contributed by atoms with Crippen LogP contribution in [0.15, 0.2) is 77.6 Å². The largest absolute Gasteiger partial charge is 0.423 e. The van der Waals surface area contributed by atoms with Gasteiger partial charge in [-0.2, -0.15) is 46.6 Å². The van der Waals surface area contributed by atoms with Crippen LogP contribution >= 0.6 is 0 Å². The van der Waals surface area contributed by atoms with Crippen molar-refractivity contribution in [2.75, 3.05) is 41.3 Å². The van der Waals surface area contributed by atoms with Gasteiger partial charge >= 0.3 is 18.4 Å². The van der Waals surface area contributed by atoms with Crippen LogP contribution in [0.2, 0.25) is 0 Å². The van der Waals surface area contributed by atoms with E-state index in [1.165, 1.54) is 34.9 Å². The van der Waals surface area contributed by atoms with E-state index < -0.39 is 29.0 Å². The molecule has 16 heteroatoms. The van der Waals surface area contributed by atoms with Crippen molar-refractivity contribution in [3.8, 4) is 17.8 Å². The third-order valence-corrected chi connectivity index (χ3v) is 7.74. The van der Waals surface area contributed by atoms with Crippen LogP contribution in [-0.4, -0.2) is 45.7 Å². The summed E-state index contributed by atoms with van der Waals surface area (Å²) < 4.78 is 87.5. The molecule has 246 valence electrons. The summed E-state index contributed by atoms with van der Waals surface area (Å²) in [5.41, 5.74) is -1.71. The highest BCUT2D eigenvalue weighted by molar-refractivity contribution is 5.85. The molecule has 0 aliphatic carbocycles. The standard InChI is InChI=1S/C32H24F6N8O2/c1-44-25-5-3-2-4-23(25)26(17-27(44)47)48-30-42-28(40-21-9-6-19(18-39)24(16-21)32(36,37)38)41-29(43-30)46-14-12-45(13-15-46)22-10-7-20(8-11-22)31(33,34)35/h2-11,16-17H,12-15H2,1H3,(H,40,41,42,43). The number of aromatic nitrogens is 4. The quantitative estimate of drug-likeness (QED) is 0.203. The van der Waals surface area contributed by atoms with E-state index in [1.54, 1.807) is 36.2 Å². The second-order valence-electron chi connectivity index (χ2n) is 10.8. The highest BCUT2D eigenvalue weighted by Gasteiger charge is 2.34. The molecule has 1 aliphatic rings. The summed E-state index contributed by atoms with van der Waals surface area (Å²) >= 11 is 0. The molecule has 0 radical (unpaired) electrons. The van der Waals surface area contributed by atoms with E-state index in [2.05, 4.69) is 20.3 Å². The van der Waals surface area contributed by atoms with E-state index >= 15 is 0 Å². The fraction of sp³-hybridized carbons (Fsp3) is 0.219. The van der Waals surface area contributed by atoms with Crippen molar-refractivity contribution < 1.29 is 31.1 Å². The highest BCUT2D eigenvalue weighted by Crippen LogP contribution is 2.35. The molecule has 2 aromatic heterocycles. The number of ether oxygens (including phenoxy) is 1. The number of alkyl halides is 6. The molecule has 0 atom stereocenters. The molecule has 0 bridgehead atoms. The van der Waals surface area contributed by atoms with Crippen LogP contribution in [0.4, 0.5) is 49.6 Å². The lowest BCUT2D eigenvalue weighted by Gasteiger charge is -2.36. The first-order chi connectivity index (χ1) is 22.8. The minimum atomic E-state index is -4.80. The maximum absolute atomic E-state index is 13.7. The third-order valence-electron chi connectivity index (χ3n) is 7.74. The summed E-state index contributed by atoms with van der Waals surface area (Å²) in [7, 11) is 1.61. The maximum Gasteiger partial charge on any atom is 0.417 e. The zero-order valence-corrected chi connectivity index (χ0v) is 25.0. The number of pyridine rings is 1. The van der Waals surface area contributed by atoms with Gasteiger partial charge in [-0.1, -0.05) is 12.1 Å². The molecule has 0 spiro atoms. The van der Waals surface area contributed by atoms with E-state index in [4.69, 9.17) is 10.00 Å². The van der Waals surface area contributed by atoms with Crippen LogP contribution < -0.4 is 25.4 Å². The molecular formula is C32H24F6N8O2. The van der Waals surface area contributed by atoms with Gasteiger partial charge < -0.3 is 24.4 Å². The molecule has 0 unspecified atom stereocenters. The second-order valence-corrected chi connectivity index (χ2v) is 10.8. The van der Waals surface area contributed by atoms with E-state index in [0.29, 0.717) is 42.8 Å². The molecule has 6 rings (SSSR count). The Morgan fingerprint density at radius 1 is 0.833 bits per heavy atom. The van der Waals surface area contributed by atoms with Gasteiger partial charge in [0, 0.05) is 56.1 Å². The average Bonchev–Trinajstić information content (AvgIpc) is 3.06. The number of anilines is 4. The van der Waals surface area contributed by atoms with Crippen molar-refractivity contribution in [2.24, 2.45) is 7.05 Å². The number of benzene rings is 3. The summed E-state index contributed by atoms with van der Waals surface area (Å²) in [6.07, 6.45) is -9.25. The lowest BCUT2D eigenvalue weighted by atomic mass is 10.1. The maximum atomic E-state index is 13.7. The van der Waals surface area contributed by atoms with Crippen LogP contribution in [0.3, 0.4) is 0 Å².